The van der Waals surface area contributed by atoms with Gasteiger partial charge in [-0.1, -0.05) is 17.4 Å². The number of hydrogen-bond donors (Lipinski definition) is 2. The Bertz CT molecular complexity index is 703. The van der Waals surface area contributed by atoms with Gasteiger partial charge in [0.25, 0.3) is 5.91 Å². The van der Waals surface area contributed by atoms with Crippen LogP contribution in [0.15, 0.2) is 17.7 Å². The highest BCUT2D eigenvalue weighted by atomic mass is 32.1. The summed E-state index contributed by atoms with van der Waals surface area (Å²) in [5.74, 6) is -0.409. The Morgan fingerprint density at radius 2 is 2.10 bits per heavy atom. The normalized spacial score (nSPS) is 10.8. The summed E-state index contributed by atoms with van der Waals surface area (Å²) in [5, 5.41) is 7.99. The number of nitrogens with one attached hydrogen (secondary N) is 2. The first-order valence-electron chi connectivity index (χ1n) is 6.14. The minimum absolute atomic E-state index is 0.167. The van der Waals surface area contributed by atoms with Crippen LogP contribution in [-0.2, 0) is 4.79 Å². The van der Waals surface area contributed by atoms with E-state index in [4.69, 9.17) is 0 Å². The fourth-order valence-electron chi connectivity index (χ4n) is 1.54. The molecule has 0 aliphatic carbocycles. The van der Waals surface area contributed by atoms with Gasteiger partial charge in [0.05, 0.1) is 16.3 Å². The number of nitrogens with zero attached hydrogens (tertiary/aromatic N) is 2. The van der Waals surface area contributed by atoms with Gasteiger partial charge in [-0.25, -0.2) is 9.97 Å². The molecular weight excluding hydrogens is 308 g/mol. The van der Waals surface area contributed by atoms with Gasteiger partial charge >= 0.3 is 0 Å². The zero-order valence-electron chi connectivity index (χ0n) is 11.8. The van der Waals surface area contributed by atoms with Crippen LogP contribution in [-0.4, -0.2) is 21.8 Å². The largest absolute Gasteiger partial charge is 0.327 e. The van der Waals surface area contributed by atoms with E-state index in [1.807, 2.05) is 19.2 Å². The molecule has 0 aliphatic rings. The number of carbonyl (C=O) groups excluding carboxylic acids is 2. The molecule has 8 heteroatoms. The Kier molecular flexibility index (Phi) is 4.81. The van der Waals surface area contributed by atoms with E-state index in [0.717, 1.165) is 10.6 Å². The number of thiazole rings is 2. The highest BCUT2D eigenvalue weighted by molar-refractivity contribution is 7.19. The molecule has 0 bridgehead atoms. The van der Waals surface area contributed by atoms with Crippen LogP contribution in [0.1, 0.15) is 29.3 Å². The third-order valence-electron chi connectivity index (χ3n) is 2.39. The maximum Gasteiger partial charge on any atom is 0.284 e. The van der Waals surface area contributed by atoms with E-state index in [9.17, 15) is 9.59 Å². The van der Waals surface area contributed by atoms with Crippen molar-refractivity contribution >= 4 is 39.6 Å². The number of aryl methyl sites for hydroxylation is 1. The van der Waals surface area contributed by atoms with E-state index in [2.05, 4.69) is 20.6 Å². The fraction of sp³-hybridized carbons (Fsp3) is 0.231. The van der Waals surface area contributed by atoms with Gasteiger partial charge in [-0.2, -0.15) is 0 Å². The molecule has 2 aromatic rings. The van der Waals surface area contributed by atoms with Crippen LogP contribution in [0.2, 0.25) is 0 Å². The molecule has 2 rings (SSSR count). The van der Waals surface area contributed by atoms with Crippen LogP contribution in [0.25, 0.3) is 10.6 Å². The molecule has 0 unspecified atom stereocenters. The van der Waals surface area contributed by atoms with Gasteiger partial charge in [0.2, 0.25) is 5.91 Å². The third-order valence-corrected chi connectivity index (χ3v) is 4.33. The van der Waals surface area contributed by atoms with Crippen molar-refractivity contribution in [2.24, 2.45) is 0 Å². The van der Waals surface area contributed by atoms with Gasteiger partial charge in [0, 0.05) is 12.3 Å². The Morgan fingerprint density at radius 3 is 2.76 bits per heavy atom. The molecular formula is C13H14N4O2S2. The van der Waals surface area contributed by atoms with Crippen molar-refractivity contribution < 1.29 is 9.59 Å². The molecule has 2 amide bonds. The summed E-state index contributed by atoms with van der Waals surface area (Å²) in [7, 11) is 0. The van der Waals surface area contributed by atoms with Gasteiger partial charge in [0.15, 0.2) is 10.1 Å². The van der Waals surface area contributed by atoms with Crippen molar-refractivity contribution in [1.82, 2.24) is 15.3 Å². The molecule has 0 aliphatic heterocycles. The van der Waals surface area contributed by atoms with E-state index < -0.39 is 0 Å². The van der Waals surface area contributed by atoms with Crippen molar-refractivity contribution in [3.8, 4) is 10.6 Å². The summed E-state index contributed by atoms with van der Waals surface area (Å²) in [4.78, 5) is 32.3. The average molecular weight is 322 g/mol. The Balaban J connectivity index is 2.23. The first-order chi connectivity index (χ1) is 10.0. The Hall–Kier alpha value is -2.06. The van der Waals surface area contributed by atoms with Gasteiger partial charge in [-0.3, -0.25) is 9.59 Å². The average Bonchev–Trinajstić information content (AvgIpc) is 3.02. The summed E-state index contributed by atoms with van der Waals surface area (Å²) >= 11 is 2.61. The predicted molar refractivity (Wildman–Crippen MR) is 84.5 cm³/mol. The van der Waals surface area contributed by atoms with Gasteiger partial charge in [-0.05, 0) is 20.0 Å². The fourth-order valence-corrected chi connectivity index (χ4v) is 3.30. The third kappa shape index (κ3) is 3.73. The molecule has 0 radical (unpaired) electrons. The summed E-state index contributed by atoms with van der Waals surface area (Å²) < 4.78 is 0. The molecule has 0 aromatic carbocycles. The lowest BCUT2D eigenvalue weighted by Crippen LogP contribution is -2.16. The second kappa shape index (κ2) is 6.59. The number of carbonyl (C=O) groups is 2. The SMILES string of the molecule is C/C=C\NC(=O)c1nc(-c2sc(NC(C)=O)nc2C)cs1. The van der Waals surface area contributed by atoms with Crippen LogP contribution in [0.4, 0.5) is 5.13 Å². The summed E-state index contributed by atoms with van der Waals surface area (Å²) in [6.07, 6.45) is 3.30. The number of anilines is 1. The van der Waals surface area contributed by atoms with Crippen molar-refractivity contribution in [2.75, 3.05) is 5.32 Å². The quantitative estimate of drug-likeness (QED) is 0.906. The van der Waals surface area contributed by atoms with Crippen LogP contribution in [0.3, 0.4) is 0 Å². The highest BCUT2D eigenvalue weighted by Crippen LogP contribution is 2.33. The van der Waals surface area contributed by atoms with Crippen molar-refractivity contribution in [3.63, 3.8) is 0 Å². The zero-order valence-corrected chi connectivity index (χ0v) is 13.4. The summed E-state index contributed by atoms with van der Waals surface area (Å²) in [6, 6.07) is 0. The number of allylic oxidation sites excluding steroid dienone is 1. The summed E-state index contributed by atoms with van der Waals surface area (Å²) in [5.41, 5.74) is 1.46. The number of amides is 2. The van der Waals surface area contributed by atoms with Crippen molar-refractivity contribution in [3.05, 3.63) is 28.4 Å². The minimum Gasteiger partial charge on any atom is -0.327 e. The predicted octanol–water partition coefficient (Wildman–Crippen LogP) is 2.80. The van der Waals surface area contributed by atoms with Crippen LogP contribution in [0, 0.1) is 6.92 Å². The Morgan fingerprint density at radius 1 is 1.33 bits per heavy atom. The van der Waals surface area contributed by atoms with Crippen molar-refractivity contribution in [1.29, 1.82) is 0 Å². The van der Waals surface area contributed by atoms with E-state index in [1.165, 1.54) is 29.6 Å². The second-order valence-corrected chi connectivity index (χ2v) is 5.98. The molecule has 2 aromatic heterocycles. The molecule has 110 valence electrons. The topological polar surface area (TPSA) is 84.0 Å². The van der Waals surface area contributed by atoms with Crippen LogP contribution in [0.5, 0.6) is 0 Å². The molecule has 0 saturated heterocycles. The lowest BCUT2D eigenvalue weighted by atomic mass is 10.3. The van der Waals surface area contributed by atoms with E-state index in [-0.39, 0.29) is 11.8 Å². The minimum atomic E-state index is -0.242. The molecule has 0 fully saturated rings. The first kappa shape index (κ1) is 15.3. The molecule has 0 atom stereocenters. The lowest BCUT2D eigenvalue weighted by Gasteiger charge is -1.94. The first-order valence-corrected chi connectivity index (χ1v) is 7.83. The summed E-state index contributed by atoms with van der Waals surface area (Å²) in [6.45, 7) is 5.09. The van der Waals surface area contributed by atoms with E-state index >= 15 is 0 Å². The molecule has 2 N–H and O–H groups in total. The number of hydrogen-bond acceptors (Lipinski definition) is 6. The molecule has 0 saturated carbocycles. The van der Waals surface area contributed by atoms with Crippen LogP contribution >= 0.6 is 22.7 Å². The van der Waals surface area contributed by atoms with Crippen LogP contribution < -0.4 is 10.6 Å². The van der Waals surface area contributed by atoms with E-state index in [1.54, 1.807) is 12.3 Å². The highest BCUT2D eigenvalue weighted by Gasteiger charge is 2.16. The van der Waals surface area contributed by atoms with Gasteiger partial charge < -0.3 is 10.6 Å². The number of aromatic nitrogens is 2. The van der Waals surface area contributed by atoms with Crippen molar-refractivity contribution in [2.45, 2.75) is 20.8 Å². The second-order valence-electron chi connectivity index (χ2n) is 4.13. The molecule has 2 heterocycles. The lowest BCUT2D eigenvalue weighted by molar-refractivity contribution is -0.114. The molecule has 21 heavy (non-hydrogen) atoms. The molecule has 0 spiro atoms. The maximum atomic E-state index is 11.8. The Labute approximate surface area is 129 Å². The monoisotopic (exact) mass is 322 g/mol. The maximum absolute atomic E-state index is 11.8. The zero-order chi connectivity index (χ0) is 15.4. The standard InChI is InChI=1S/C13H14N4O2S2/c1-4-5-14-11(19)12-17-9(6-20-12)10-7(2)15-13(21-10)16-8(3)18/h4-6H,1-3H3,(H,14,19)(H,15,16,18)/b5-4-. The van der Waals surface area contributed by atoms with Gasteiger partial charge in [-0.15, -0.1) is 11.3 Å². The smallest absolute Gasteiger partial charge is 0.284 e. The van der Waals surface area contributed by atoms with E-state index in [0.29, 0.717) is 15.8 Å². The van der Waals surface area contributed by atoms with Gasteiger partial charge in [0.1, 0.15) is 0 Å². The molecule has 6 nitrogen and oxygen atoms in total. The number of rotatable bonds is 4.